The fraction of sp³-hybridized carbons (Fsp3) is 0.133. The lowest BCUT2D eigenvalue weighted by atomic mass is 10.0. The van der Waals surface area contributed by atoms with Gasteiger partial charge in [0.15, 0.2) is 0 Å². The maximum absolute atomic E-state index is 13.8. The summed E-state index contributed by atoms with van der Waals surface area (Å²) in [5.74, 6) is 0.377. The van der Waals surface area contributed by atoms with Gasteiger partial charge in [0.1, 0.15) is 11.6 Å². The Hall–Kier alpha value is -2.34. The lowest BCUT2D eigenvalue weighted by molar-refractivity contribution is 0.415. The maximum atomic E-state index is 13.8. The van der Waals surface area contributed by atoms with Crippen molar-refractivity contribution in [1.82, 2.24) is 0 Å². The van der Waals surface area contributed by atoms with Gasteiger partial charge in [-0.2, -0.15) is 5.26 Å². The molecule has 2 aromatic rings. The predicted molar refractivity (Wildman–Crippen MR) is 67.7 cm³/mol. The van der Waals surface area contributed by atoms with Crippen molar-refractivity contribution in [2.24, 2.45) is 0 Å². The molecule has 0 saturated heterocycles. The molecule has 0 aliphatic rings. The monoisotopic (exact) mass is 241 g/mol. The van der Waals surface area contributed by atoms with Gasteiger partial charge in [0.25, 0.3) is 0 Å². The third-order valence-corrected chi connectivity index (χ3v) is 2.69. The van der Waals surface area contributed by atoms with Crippen molar-refractivity contribution >= 4 is 0 Å². The molecular weight excluding hydrogens is 229 g/mol. The minimum absolute atomic E-state index is 0.275. The number of ether oxygens (including phenoxy) is 1. The molecule has 90 valence electrons. The van der Waals surface area contributed by atoms with E-state index in [1.807, 2.05) is 12.1 Å². The number of nitriles is 1. The van der Waals surface area contributed by atoms with E-state index in [2.05, 4.69) is 6.07 Å². The van der Waals surface area contributed by atoms with E-state index in [-0.39, 0.29) is 12.2 Å². The van der Waals surface area contributed by atoms with Crippen molar-refractivity contribution in [3.05, 3.63) is 53.8 Å². The van der Waals surface area contributed by atoms with Crippen LogP contribution in [0.5, 0.6) is 5.75 Å². The van der Waals surface area contributed by atoms with Gasteiger partial charge in [-0.25, -0.2) is 4.39 Å². The van der Waals surface area contributed by atoms with Crippen molar-refractivity contribution in [3.8, 4) is 22.9 Å². The normalized spacial score (nSPS) is 9.83. The van der Waals surface area contributed by atoms with E-state index in [1.165, 1.54) is 6.07 Å². The SMILES string of the molecule is COc1cccc(-c2cc(CC#N)ccc2F)c1. The summed E-state index contributed by atoms with van der Waals surface area (Å²) in [7, 11) is 1.57. The summed E-state index contributed by atoms with van der Waals surface area (Å²) in [6.07, 6.45) is 0.275. The first-order valence-electron chi connectivity index (χ1n) is 5.54. The zero-order chi connectivity index (χ0) is 13.0. The van der Waals surface area contributed by atoms with Crippen LogP contribution < -0.4 is 4.74 Å². The van der Waals surface area contributed by atoms with Crippen LogP contribution in [0.2, 0.25) is 0 Å². The van der Waals surface area contributed by atoms with Crippen LogP contribution >= 0.6 is 0 Å². The van der Waals surface area contributed by atoms with Crippen LogP contribution in [-0.4, -0.2) is 7.11 Å². The molecule has 0 amide bonds. The molecule has 0 aliphatic carbocycles. The van der Waals surface area contributed by atoms with Crippen LogP contribution in [-0.2, 0) is 6.42 Å². The minimum Gasteiger partial charge on any atom is -0.497 e. The topological polar surface area (TPSA) is 33.0 Å². The second-order valence-electron chi connectivity index (χ2n) is 3.88. The first-order chi connectivity index (χ1) is 8.74. The van der Waals surface area contributed by atoms with E-state index in [0.717, 1.165) is 11.1 Å². The predicted octanol–water partition coefficient (Wildman–Crippen LogP) is 3.57. The fourth-order valence-corrected chi connectivity index (χ4v) is 1.79. The summed E-state index contributed by atoms with van der Waals surface area (Å²) < 4.78 is 18.9. The van der Waals surface area contributed by atoms with E-state index >= 15 is 0 Å². The van der Waals surface area contributed by atoms with Crippen molar-refractivity contribution in [3.63, 3.8) is 0 Å². The number of benzene rings is 2. The fourth-order valence-electron chi connectivity index (χ4n) is 1.79. The molecule has 18 heavy (non-hydrogen) atoms. The molecule has 2 nitrogen and oxygen atoms in total. The number of halogens is 1. The van der Waals surface area contributed by atoms with E-state index in [0.29, 0.717) is 11.3 Å². The molecule has 0 spiro atoms. The summed E-state index contributed by atoms with van der Waals surface area (Å²) in [6.45, 7) is 0. The first kappa shape index (κ1) is 12.1. The molecule has 2 rings (SSSR count). The highest BCUT2D eigenvalue weighted by Crippen LogP contribution is 2.27. The molecule has 0 fully saturated rings. The lowest BCUT2D eigenvalue weighted by Gasteiger charge is -2.07. The van der Waals surface area contributed by atoms with Gasteiger partial charge >= 0.3 is 0 Å². The Morgan fingerprint density at radius 2 is 2.06 bits per heavy atom. The molecule has 0 saturated carbocycles. The third-order valence-electron chi connectivity index (χ3n) is 2.69. The standard InChI is InChI=1S/C15H12FNO/c1-18-13-4-2-3-12(10-13)14-9-11(7-8-17)5-6-15(14)16/h2-6,9-10H,7H2,1H3. The average molecular weight is 241 g/mol. The molecule has 0 unspecified atom stereocenters. The molecule has 0 heterocycles. The lowest BCUT2D eigenvalue weighted by Crippen LogP contribution is -1.90. The summed E-state index contributed by atoms with van der Waals surface area (Å²) in [5.41, 5.74) is 2.03. The molecule has 0 radical (unpaired) electrons. The Morgan fingerprint density at radius 1 is 1.22 bits per heavy atom. The van der Waals surface area contributed by atoms with Gasteiger partial charge in [-0.15, -0.1) is 0 Å². The third kappa shape index (κ3) is 2.49. The number of rotatable bonds is 3. The molecule has 0 aromatic heterocycles. The zero-order valence-corrected chi connectivity index (χ0v) is 9.98. The van der Waals surface area contributed by atoms with E-state index in [9.17, 15) is 4.39 Å². The maximum Gasteiger partial charge on any atom is 0.131 e. The Morgan fingerprint density at radius 3 is 2.78 bits per heavy atom. The Bertz CT molecular complexity index is 602. The summed E-state index contributed by atoms with van der Waals surface area (Å²) in [4.78, 5) is 0. The van der Waals surface area contributed by atoms with Crippen LogP contribution in [0, 0.1) is 17.1 Å². The van der Waals surface area contributed by atoms with Gasteiger partial charge in [0.05, 0.1) is 19.6 Å². The number of nitrogens with zero attached hydrogens (tertiary/aromatic N) is 1. The van der Waals surface area contributed by atoms with Gasteiger partial charge < -0.3 is 4.74 Å². The molecule has 0 aliphatic heterocycles. The largest absolute Gasteiger partial charge is 0.497 e. The second-order valence-corrected chi connectivity index (χ2v) is 3.88. The summed E-state index contributed by atoms with van der Waals surface area (Å²) >= 11 is 0. The quantitative estimate of drug-likeness (QED) is 0.823. The molecule has 0 atom stereocenters. The van der Waals surface area contributed by atoms with Gasteiger partial charge in [0, 0.05) is 5.56 Å². The van der Waals surface area contributed by atoms with Crippen LogP contribution in [0.3, 0.4) is 0 Å². The Labute approximate surface area is 105 Å². The summed E-state index contributed by atoms with van der Waals surface area (Å²) in [5, 5.41) is 8.67. The van der Waals surface area contributed by atoms with Gasteiger partial charge in [-0.1, -0.05) is 18.2 Å². The highest BCUT2D eigenvalue weighted by Gasteiger charge is 2.07. The Kier molecular flexibility index (Phi) is 3.59. The second kappa shape index (κ2) is 5.33. The van der Waals surface area contributed by atoms with E-state index < -0.39 is 0 Å². The Balaban J connectivity index is 2.48. The molecule has 0 bridgehead atoms. The highest BCUT2D eigenvalue weighted by atomic mass is 19.1. The van der Waals surface area contributed by atoms with Crippen LogP contribution in [0.1, 0.15) is 5.56 Å². The number of hydrogen-bond donors (Lipinski definition) is 0. The summed E-state index contributed by atoms with van der Waals surface area (Å²) in [6, 6.07) is 14.0. The molecule has 0 N–H and O–H groups in total. The van der Waals surface area contributed by atoms with Crippen LogP contribution in [0.25, 0.3) is 11.1 Å². The minimum atomic E-state index is -0.301. The average Bonchev–Trinajstić information content (AvgIpc) is 2.41. The first-order valence-corrected chi connectivity index (χ1v) is 5.54. The molecule has 2 aromatic carbocycles. The van der Waals surface area contributed by atoms with Crippen LogP contribution in [0.15, 0.2) is 42.5 Å². The van der Waals surface area contributed by atoms with E-state index in [4.69, 9.17) is 10.00 Å². The number of hydrogen-bond acceptors (Lipinski definition) is 2. The van der Waals surface area contributed by atoms with Gasteiger partial charge in [-0.3, -0.25) is 0 Å². The molecule has 3 heteroatoms. The van der Waals surface area contributed by atoms with Gasteiger partial charge in [0.2, 0.25) is 0 Å². The zero-order valence-electron chi connectivity index (χ0n) is 9.98. The van der Waals surface area contributed by atoms with Crippen molar-refractivity contribution in [2.45, 2.75) is 6.42 Å². The number of methoxy groups -OCH3 is 1. The van der Waals surface area contributed by atoms with Crippen molar-refractivity contribution in [1.29, 1.82) is 5.26 Å². The molecular formula is C15H12FNO. The smallest absolute Gasteiger partial charge is 0.131 e. The van der Waals surface area contributed by atoms with Crippen molar-refractivity contribution in [2.75, 3.05) is 7.11 Å². The highest BCUT2D eigenvalue weighted by molar-refractivity contribution is 5.66. The van der Waals surface area contributed by atoms with Crippen LogP contribution in [0.4, 0.5) is 4.39 Å². The van der Waals surface area contributed by atoms with Crippen molar-refractivity contribution < 1.29 is 9.13 Å². The van der Waals surface area contributed by atoms with E-state index in [1.54, 1.807) is 31.4 Å². The van der Waals surface area contributed by atoms with Gasteiger partial charge in [-0.05, 0) is 35.4 Å².